The van der Waals surface area contributed by atoms with Crippen LogP contribution in [-0.2, 0) is 11.3 Å². The van der Waals surface area contributed by atoms with Gasteiger partial charge in [-0.1, -0.05) is 36.8 Å². The van der Waals surface area contributed by atoms with Crippen LogP contribution < -0.4 is 11.2 Å². The number of nitrogens with two attached hydrogens (primary N) is 1. The van der Waals surface area contributed by atoms with Crippen molar-refractivity contribution in [2.45, 2.75) is 38.1 Å². The fourth-order valence-corrected chi connectivity index (χ4v) is 3.46. The van der Waals surface area contributed by atoms with Gasteiger partial charge in [0.1, 0.15) is 5.76 Å². The number of piperidine rings is 1. The van der Waals surface area contributed by atoms with Gasteiger partial charge in [0.25, 0.3) is 0 Å². The lowest BCUT2D eigenvalue weighted by atomic mass is 9.92. The van der Waals surface area contributed by atoms with Gasteiger partial charge in [-0.05, 0) is 31.5 Å². The second-order valence-electron chi connectivity index (χ2n) is 6.76. The highest BCUT2D eigenvalue weighted by atomic mass is 16.4. The van der Waals surface area contributed by atoms with Crippen LogP contribution >= 0.6 is 0 Å². The molecule has 0 bridgehead atoms. The average Bonchev–Trinajstić information content (AvgIpc) is 2.64. The summed E-state index contributed by atoms with van der Waals surface area (Å²) in [6.45, 7) is 2.44. The molecular formula is C20H24N2O4. The first-order valence-corrected chi connectivity index (χ1v) is 8.96. The van der Waals surface area contributed by atoms with Gasteiger partial charge in [-0.15, -0.1) is 0 Å². The molecule has 0 spiro atoms. The minimum absolute atomic E-state index is 0.0479. The summed E-state index contributed by atoms with van der Waals surface area (Å²) in [5, 5.41) is 10.3. The van der Waals surface area contributed by atoms with Crippen LogP contribution in [0.4, 0.5) is 0 Å². The topological polar surface area (TPSA) is 96.8 Å². The molecular weight excluding hydrogens is 332 g/mol. The average molecular weight is 356 g/mol. The Morgan fingerprint density at radius 3 is 2.54 bits per heavy atom. The van der Waals surface area contributed by atoms with Crippen molar-refractivity contribution in [2.24, 2.45) is 5.73 Å². The number of nitrogens with zero attached hydrogens (tertiary/aromatic N) is 1. The van der Waals surface area contributed by atoms with Crippen LogP contribution in [0.1, 0.15) is 48.7 Å². The molecule has 2 heterocycles. The SMILES string of the molecule is NC(=O)CC(c1ccccc1)c1oc(CN2CCCCC2)cc(=O)c1O. The van der Waals surface area contributed by atoms with Gasteiger partial charge < -0.3 is 15.3 Å². The van der Waals surface area contributed by atoms with E-state index in [-0.39, 0.29) is 12.2 Å². The molecule has 3 rings (SSSR count). The van der Waals surface area contributed by atoms with Gasteiger partial charge in [0, 0.05) is 12.5 Å². The fourth-order valence-electron chi connectivity index (χ4n) is 3.46. The molecule has 26 heavy (non-hydrogen) atoms. The summed E-state index contributed by atoms with van der Waals surface area (Å²) >= 11 is 0. The Kier molecular flexibility index (Phi) is 5.73. The van der Waals surface area contributed by atoms with E-state index >= 15 is 0 Å². The van der Waals surface area contributed by atoms with E-state index < -0.39 is 23.0 Å². The smallest absolute Gasteiger partial charge is 0.227 e. The Labute approximate surface area is 152 Å². The number of aromatic hydroxyl groups is 1. The van der Waals surface area contributed by atoms with Gasteiger partial charge >= 0.3 is 0 Å². The first-order chi connectivity index (χ1) is 12.5. The highest BCUT2D eigenvalue weighted by Gasteiger charge is 2.25. The van der Waals surface area contributed by atoms with E-state index in [0.29, 0.717) is 12.3 Å². The van der Waals surface area contributed by atoms with Crippen molar-refractivity contribution in [3.8, 4) is 5.75 Å². The normalized spacial score (nSPS) is 16.3. The highest BCUT2D eigenvalue weighted by molar-refractivity contribution is 5.75. The molecule has 1 aromatic carbocycles. The Balaban J connectivity index is 1.97. The summed E-state index contributed by atoms with van der Waals surface area (Å²) in [4.78, 5) is 26.1. The number of hydrogen-bond donors (Lipinski definition) is 2. The van der Waals surface area contributed by atoms with Crippen molar-refractivity contribution in [1.82, 2.24) is 4.90 Å². The Morgan fingerprint density at radius 1 is 1.19 bits per heavy atom. The largest absolute Gasteiger partial charge is 0.502 e. The number of likely N-dealkylation sites (tertiary alicyclic amines) is 1. The molecule has 1 amide bonds. The van der Waals surface area contributed by atoms with E-state index in [1.807, 2.05) is 30.3 Å². The van der Waals surface area contributed by atoms with Gasteiger partial charge in [-0.25, -0.2) is 0 Å². The molecule has 2 aromatic rings. The van der Waals surface area contributed by atoms with Crippen molar-refractivity contribution in [3.63, 3.8) is 0 Å². The lowest BCUT2D eigenvalue weighted by Gasteiger charge is -2.26. The second kappa shape index (κ2) is 8.19. The first kappa shape index (κ1) is 18.2. The van der Waals surface area contributed by atoms with Crippen molar-refractivity contribution < 1.29 is 14.3 Å². The minimum atomic E-state index is -0.595. The Bertz CT molecular complexity index is 810. The molecule has 1 saturated heterocycles. The molecule has 0 saturated carbocycles. The van der Waals surface area contributed by atoms with E-state index in [4.69, 9.17) is 10.2 Å². The van der Waals surface area contributed by atoms with Gasteiger partial charge in [-0.2, -0.15) is 0 Å². The quantitative estimate of drug-likeness (QED) is 0.828. The van der Waals surface area contributed by atoms with E-state index in [1.165, 1.54) is 12.5 Å². The zero-order valence-electron chi connectivity index (χ0n) is 14.7. The monoisotopic (exact) mass is 356 g/mol. The van der Waals surface area contributed by atoms with Gasteiger partial charge in [0.05, 0.1) is 12.5 Å². The first-order valence-electron chi connectivity index (χ1n) is 8.96. The van der Waals surface area contributed by atoms with Gasteiger partial charge in [-0.3, -0.25) is 14.5 Å². The van der Waals surface area contributed by atoms with Crippen LogP contribution in [0.25, 0.3) is 0 Å². The van der Waals surface area contributed by atoms with Crippen LogP contribution in [0, 0.1) is 0 Å². The summed E-state index contributed by atoms with van der Waals surface area (Å²) in [6.07, 6.45) is 3.43. The van der Waals surface area contributed by atoms with Crippen molar-refractivity contribution >= 4 is 5.91 Å². The predicted octanol–water partition coefficient (Wildman–Crippen LogP) is 2.34. The van der Waals surface area contributed by atoms with Gasteiger partial charge in [0.15, 0.2) is 5.76 Å². The third-order valence-electron chi connectivity index (χ3n) is 4.75. The zero-order valence-corrected chi connectivity index (χ0v) is 14.7. The lowest BCUT2D eigenvalue weighted by Crippen LogP contribution is -2.29. The summed E-state index contributed by atoms with van der Waals surface area (Å²) in [5.41, 5.74) is 5.66. The number of hydrogen-bond acceptors (Lipinski definition) is 5. The second-order valence-corrected chi connectivity index (χ2v) is 6.76. The predicted molar refractivity (Wildman–Crippen MR) is 97.9 cm³/mol. The van der Waals surface area contributed by atoms with Crippen molar-refractivity contribution in [3.05, 3.63) is 63.7 Å². The molecule has 6 heteroatoms. The minimum Gasteiger partial charge on any atom is -0.502 e. The van der Waals surface area contributed by atoms with Crippen molar-refractivity contribution in [1.29, 1.82) is 0 Å². The summed E-state index contributed by atoms with van der Waals surface area (Å²) in [5.74, 6) is -0.975. The zero-order chi connectivity index (χ0) is 18.5. The van der Waals surface area contributed by atoms with Crippen molar-refractivity contribution in [2.75, 3.05) is 13.1 Å². The van der Waals surface area contributed by atoms with E-state index in [1.54, 1.807) is 0 Å². The molecule has 1 atom stereocenters. The number of benzene rings is 1. The van der Waals surface area contributed by atoms with E-state index in [9.17, 15) is 14.7 Å². The maximum Gasteiger partial charge on any atom is 0.227 e. The highest BCUT2D eigenvalue weighted by Crippen LogP contribution is 2.33. The standard InChI is InChI=1S/C20H24N2O4/c21-18(24)12-16(14-7-3-1-4-8-14)20-19(25)17(23)11-15(26-20)13-22-9-5-2-6-10-22/h1,3-4,7-8,11,16,25H,2,5-6,9-10,12-13H2,(H2,21,24). The van der Waals surface area contributed by atoms with Crippen LogP contribution in [0.2, 0.25) is 0 Å². The van der Waals surface area contributed by atoms with Crippen LogP contribution in [-0.4, -0.2) is 29.0 Å². The third-order valence-corrected chi connectivity index (χ3v) is 4.75. The van der Waals surface area contributed by atoms with E-state index in [0.717, 1.165) is 31.5 Å². The summed E-state index contributed by atoms with van der Waals surface area (Å²) in [7, 11) is 0. The summed E-state index contributed by atoms with van der Waals surface area (Å²) < 4.78 is 5.91. The number of carbonyl (C=O) groups is 1. The summed E-state index contributed by atoms with van der Waals surface area (Å²) in [6, 6.07) is 10.5. The number of primary amides is 1. The molecule has 1 fully saturated rings. The van der Waals surface area contributed by atoms with E-state index in [2.05, 4.69) is 4.90 Å². The molecule has 0 radical (unpaired) electrons. The van der Waals surface area contributed by atoms with Crippen LogP contribution in [0.15, 0.2) is 45.6 Å². The molecule has 3 N–H and O–H groups in total. The molecule has 1 aliphatic heterocycles. The fraction of sp³-hybridized carbons (Fsp3) is 0.400. The Hall–Kier alpha value is -2.60. The number of carbonyl (C=O) groups excluding carboxylic acids is 1. The maximum absolute atomic E-state index is 12.3. The molecule has 1 aliphatic rings. The molecule has 6 nitrogen and oxygen atoms in total. The number of amides is 1. The van der Waals surface area contributed by atoms with Gasteiger partial charge in [0.2, 0.25) is 17.1 Å². The Morgan fingerprint density at radius 2 is 1.88 bits per heavy atom. The van der Waals surface area contributed by atoms with Crippen LogP contribution in [0.5, 0.6) is 5.75 Å². The molecule has 1 aromatic heterocycles. The number of rotatable bonds is 6. The lowest BCUT2D eigenvalue weighted by molar-refractivity contribution is -0.118. The molecule has 1 unspecified atom stereocenters. The molecule has 0 aliphatic carbocycles. The maximum atomic E-state index is 12.3. The molecule has 138 valence electrons. The van der Waals surface area contributed by atoms with Crippen LogP contribution in [0.3, 0.4) is 0 Å². The third kappa shape index (κ3) is 4.32.